The molecule has 0 aliphatic carbocycles. The van der Waals surface area contributed by atoms with Gasteiger partial charge in [-0.15, -0.1) is 0 Å². The molecule has 1 amide bonds. The van der Waals surface area contributed by atoms with E-state index < -0.39 is 0 Å². The number of hydrogen-bond acceptors (Lipinski definition) is 4. The molecule has 0 bridgehead atoms. The van der Waals surface area contributed by atoms with Crippen molar-refractivity contribution in [1.82, 2.24) is 4.90 Å². The topological polar surface area (TPSA) is 51.9 Å². The van der Waals surface area contributed by atoms with Crippen LogP contribution >= 0.6 is 0 Å². The molecule has 24 heavy (non-hydrogen) atoms. The van der Waals surface area contributed by atoms with Gasteiger partial charge in [-0.3, -0.25) is 4.79 Å². The van der Waals surface area contributed by atoms with Gasteiger partial charge in [0.2, 0.25) is 0 Å². The summed E-state index contributed by atoms with van der Waals surface area (Å²) in [7, 11) is 1.76. The number of carbonyl (C=O) groups is 1. The molecule has 0 spiro atoms. The summed E-state index contributed by atoms with van der Waals surface area (Å²) in [5.41, 5.74) is 0.559. The fourth-order valence-electron chi connectivity index (χ4n) is 2.34. The zero-order valence-corrected chi connectivity index (χ0v) is 14.7. The van der Waals surface area contributed by atoms with Gasteiger partial charge in [0.25, 0.3) is 5.91 Å². The maximum absolute atomic E-state index is 12.8. The number of carbonyl (C=O) groups excluding carboxylic acids is 1. The fraction of sp³-hybridized carbons (Fsp3) is 0.421. The van der Waals surface area contributed by atoms with E-state index >= 15 is 0 Å². The lowest BCUT2D eigenvalue weighted by molar-refractivity contribution is 0.0725. The van der Waals surface area contributed by atoms with Crippen molar-refractivity contribution in [3.63, 3.8) is 0 Å². The van der Waals surface area contributed by atoms with Crippen LogP contribution in [0, 0.1) is 0 Å². The molecule has 2 aromatic rings. The zero-order valence-electron chi connectivity index (χ0n) is 14.7. The first-order valence-electron chi connectivity index (χ1n) is 8.28. The maximum Gasteiger partial charge on any atom is 0.254 e. The molecule has 5 nitrogen and oxygen atoms in total. The molecule has 0 fully saturated rings. The van der Waals surface area contributed by atoms with Gasteiger partial charge >= 0.3 is 0 Å². The molecular formula is C19H25NO4. The summed E-state index contributed by atoms with van der Waals surface area (Å²) in [6.45, 7) is 7.01. The second-order valence-corrected chi connectivity index (χ2v) is 5.55. The SMILES string of the molecule is CCCOc1ccc(C(=O)N(C)C(C)c2ccco2)cc1OCC. The number of amides is 1. The first kappa shape index (κ1) is 17.9. The predicted molar refractivity (Wildman–Crippen MR) is 92.6 cm³/mol. The molecule has 1 unspecified atom stereocenters. The number of ether oxygens (including phenoxy) is 2. The van der Waals surface area contributed by atoms with Crippen molar-refractivity contribution in [2.45, 2.75) is 33.2 Å². The first-order valence-corrected chi connectivity index (χ1v) is 8.28. The second-order valence-electron chi connectivity index (χ2n) is 5.55. The molecule has 1 heterocycles. The maximum atomic E-state index is 12.8. The van der Waals surface area contributed by atoms with Gasteiger partial charge in [0.1, 0.15) is 5.76 Å². The van der Waals surface area contributed by atoms with Gasteiger partial charge in [-0.05, 0) is 50.6 Å². The number of hydrogen-bond donors (Lipinski definition) is 0. The molecule has 0 aliphatic heterocycles. The average molecular weight is 331 g/mol. The average Bonchev–Trinajstić information content (AvgIpc) is 3.13. The van der Waals surface area contributed by atoms with Crippen molar-refractivity contribution in [2.24, 2.45) is 0 Å². The Morgan fingerprint density at radius 3 is 2.62 bits per heavy atom. The van der Waals surface area contributed by atoms with E-state index in [0.29, 0.717) is 30.3 Å². The Hall–Kier alpha value is -2.43. The van der Waals surface area contributed by atoms with Crippen LogP contribution in [0.2, 0.25) is 0 Å². The van der Waals surface area contributed by atoms with Crippen LogP contribution in [0.3, 0.4) is 0 Å². The van der Waals surface area contributed by atoms with Gasteiger partial charge in [0.15, 0.2) is 11.5 Å². The molecule has 0 aliphatic rings. The van der Waals surface area contributed by atoms with Gasteiger partial charge in [-0.2, -0.15) is 0 Å². The highest BCUT2D eigenvalue weighted by Crippen LogP contribution is 2.30. The van der Waals surface area contributed by atoms with Crippen LogP contribution in [0.4, 0.5) is 0 Å². The lowest BCUT2D eigenvalue weighted by Gasteiger charge is -2.24. The van der Waals surface area contributed by atoms with Crippen LogP contribution in [0.25, 0.3) is 0 Å². The molecule has 5 heteroatoms. The van der Waals surface area contributed by atoms with E-state index in [0.717, 1.165) is 12.2 Å². The Bertz CT molecular complexity index is 651. The Morgan fingerprint density at radius 2 is 2.00 bits per heavy atom. The minimum Gasteiger partial charge on any atom is -0.490 e. The van der Waals surface area contributed by atoms with Gasteiger partial charge in [0.05, 0.1) is 25.5 Å². The zero-order chi connectivity index (χ0) is 17.5. The van der Waals surface area contributed by atoms with E-state index in [2.05, 4.69) is 0 Å². The van der Waals surface area contributed by atoms with Crippen LogP contribution in [-0.2, 0) is 0 Å². The standard InChI is InChI=1S/C19H25NO4/c1-5-11-23-17-10-9-15(13-18(17)22-6-2)19(21)20(4)14(3)16-8-7-12-24-16/h7-10,12-14H,5-6,11H2,1-4H3. The fourth-order valence-corrected chi connectivity index (χ4v) is 2.34. The Kier molecular flexibility index (Phi) is 6.29. The third-order valence-corrected chi connectivity index (χ3v) is 3.81. The van der Waals surface area contributed by atoms with Gasteiger partial charge < -0.3 is 18.8 Å². The molecule has 0 saturated carbocycles. The quantitative estimate of drug-likeness (QED) is 0.723. The highest BCUT2D eigenvalue weighted by molar-refractivity contribution is 5.95. The Balaban J connectivity index is 2.20. The number of nitrogens with zero attached hydrogens (tertiary/aromatic N) is 1. The summed E-state index contributed by atoms with van der Waals surface area (Å²) < 4.78 is 16.7. The lowest BCUT2D eigenvalue weighted by Crippen LogP contribution is -2.29. The van der Waals surface area contributed by atoms with Crippen molar-refractivity contribution >= 4 is 5.91 Å². The van der Waals surface area contributed by atoms with E-state index in [1.165, 1.54) is 0 Å². The third-order valence-electron chi connectivity index (χ3n) is 3.81. The number of rotatable bonds is 8. The first-order chi connectivity index (χ1) is 11.6. The molecule has 130 valence electrons. The number of furan rings is 1. The lowest BCUT2D eigenvalue weighted by atomic mass is 10.1. The molecule has 1 atom stereocenters. The minimum absolute atomic E-state index is 0.0955. The van der Waals surface area contributed by atoms with Crippen molar-refractivity contribution in [1.29, 1.82) is 0 Å². The second kappa shape index (κ2) is 8.43. The molecule has 1 aromatic heterocycles. The number of benzene rings is 1. The molecule has 2 rings (SSSR count). The molecule has 0 N–H and O–H groups in total. The minimum atomic E-state index is -0.154. The normalized spacial score (nSPS) is 11.8. The Labute approximate surface area is 143 Å². The summed E-state index contributed by atoms with van der Waals surface area (Å²) in [4.78, 5) is 14.4. The summed E-state index contributed by atoms with van der Waals surface area (Å²) >= 11 is 0. The van der Waals surface area contributed by atoms with E-state index in [9.17, 15) is 4.79 Å². The van der Waals surface area contributed by atoms with E-state index in [1.807, 2.05) is 32.9 Å². The summed E-state index contributed by atoms with van der Waals surface area (Å²) in [5, 5.41) is 0. The van der Waals surface area contributed by atoms with Crippen LogP contribution < -0.4 is 9.47 Å². The molecular weight excluding hydrogens is 306 g/mol. The smallest absolute Gasteiger partial charge is 0.254 e. The molecule has 1 aromatic carbocycles. The third kappa shape index (κ3) is 4.10. The van der Waals surface area contributed by atoms with Crippen molar-refractivity contribution in [2.75, 3.05) is 20.3 Å². The summed E-state index contributed by atoms with van der Waals surface area (Å²) in [6.07, 6.45) is 2.52. The van der Waals surface area contributed by atoms with Gasteiger partial charge in [-0.1, -0.05) is 6.92 Å². The van der Waals surface area contributed by atoms with E-state index in [1.54, 1.807) is 36.4 Å². The van der Waals surface area contributed by atoms with Crippen LogP contribution in [0.15, 0.2) is 41.0 Å². The summed E-state index contributed by atoms with van der Waals surface area (Å²) in [5.74, 6) is 1.91. The molecule has 0 saturated heterocycles. The summed E-state index contributed by atoms with van der Waals surface area (Å²) in [6, 6.07) is 8.82. The highest BCUT2D eigenvalue weighted by Gasteiger charge is 2.22. The molecule has 0 radical (unpaired) electrons. The van der Waals surface area contributed by atoms with Gasteiger partial charge in [-0.25, -0.2) is 0 Å². The van der Waals surface area contributed by atoms with E-state index in [4.69, 9.17) is 13.9 Å². The highest BCUT2D eigenvalue weighted by atomic mass is 16.5. The van der Waals surface area contributed by atoms with Gasteiger partial charge in [0, 0.05) is 12.6 Å². The van der Waals surface area contributed by atoms with Crippen LogP contribution in [0.5, 0.6) is 11.5 Å². The monoisotopic (exact) mass is 331 g/mol. The van der Waals surface area contributed by atoms with Crippen LogP contribution in [-0.4, -0.2) is 31.1 Å². The predicted octanol–water partition coefficient (Wildman–Crippen LogP) is 4.30. The van der Waals surface area contributed by atoms with E-state index in [-0.39, 0.29) is 11.9 Å². The Morgan fingerprint density at radius 1 is 1.21 bits per heavy atom. The van der Waals surface area contributed by atoms with Crippen molar-refractivity contribution in [3.8, 4) is 11.5 Å². The van der Waals surface area contributed by atoms with Crippen molar-refractivity contribution in [3.05, 3.63) is 47.9 Å². The largest absolute Gasteiger partial charge is 0.490 e. The van der Waals surface area contributed by atoms with Crippen LogP contribution in [0.1, 0.15) is 49.4 Å². The van der Waals surface area contributed by atoms with Crippen molar-refractivity contribution < 1.29 is 18.7 Å².